The van der Waals surface area contributed by atoms with E-state index in [-0.39, 0.29) is 34.3 Å². The Bertz CT molecular complexity index is 1630. The lowest BCUT2D eigenvalue weighted by molar-refractivity contribution is -0.106. The highest BCUT2D eigenvalue weighted by Crippen LogP contribution is 2.40. The molecule has 16 heteroatoms. The molecule has 3 aromatic heterocycles. The Balaban J connectivity index is 1.43. The Morgan fingerprint density at radius 2 is 1.95 bits per heavy atom. The minimum atomic E-state index is -4.90. The van der Waals surface area contributed by atoms with E-state index in [0.29, 0.717) is 41.0 Å². The van der Waals surface area contributed by atoms with Crippen LogP contribution in [0.15, 0.2) is 42.7 Å². The first-order valence-electron chi connectivity index (χ1n) is 12.0. The minimum absolute atomic E-state index is 0.0754. The van der Waals surface area contributed by atoms with E-state index in [4.69, 9.17) is 4.74 Å². The van der Waals surface area contributed by atoms with Crippen LogP contribution in [0.5, 0.6) is 11.6 Å². The summed E-state index contributed by atoms with van der Waals surface area (Å²) in [5.41, 5.74) is 0.642. The quantitative estimate of drug-likeness (QED) is 0.248. The van der Waals surface area contributed by atoms with Gasteiger partial charge in [-0.2, -0.15) is 13.2 Å². The first-order valence-corrected chi connectivity index (χ1v) is 14.5. The third-order valence-electron chi connectivity index (χ3n) is 5.78. The van der Waals surface area contributed by atoms with Gasteiger partial charge in [0.15, 0.2) is 11.5 Å². The third-order valence-corrected chi connectivity index (χ3v) is 7.99. The second-order valence-corrected chi connectivity index (χ2v) is 12.0. The molecule has 1 fully saturated rings. The zero-order valence-electron chi connectivity index (χ0n) is 20.9. The molecule has 0 spiro atoms. The Morgan fingerprint density at radius 1 is 1.12 bits per heavy atom. The maximum Gasteiger partial charge on any atom is 0.404 e. The molecule has 4 heterocycles. The number of ether oxygens (including phenoxy) is 1. The molecular weight excluding hydrogens is 574 g/mol. The van der Waals surface area contributed by atoms with Crippen molar-refractivity contribution < 1.29 is 30.7 Å². The minimum Gasteiger partial charge on any atom is -0.435 e. The number of alkyl halides is 4. The Morgan fingerprint density at radius 3 is 2.73 bits per heavy atom. The van der Waals surface area contributed by atoms with Crippen molar-refractivity contribution in [2.45, 2.75) is 31.7 Å². The van der Waals surface area contributed by atoms with Gasteiger partial charge in [-0.05, 0) is 37.3 Å². The van der Waals surface area contributed by atoms with Crippen LogP contribution in [0.2, 0.25) is 0 Å². The van der Waals surface area contributed by atoms with Gasteiger partial charge >= 0.3 is 6.18 Å². The molecule has 40 heavy (non-hydrogen) atoms. The molecule has 1 aromatic carbocycles. The van der Waals surface area contributed by atoms with Gasteiger partial charge in [0.2, 0.25) is 21.9 Å². The summed E-state index contributed by atoms with van der Waals surface area (Å²) >= 11 is 1.32. The van der Waals surface area contributed by atoms with Crippen LogP contribution in [0.1, 0.15) is 11.4 Å². The second kappa shape index (κ2) is 11.1. The number of aromatic nitrogens is 4. The van der Waals surface area contributed by atoms with Gasteiger partial charge in [0.1, 0.15) is 16.6 Å². The van der Waals surface area contributed by atoms with Crippen LogP contribution in [0, 0.1) is 6.92 Å². The van der Waals surface area contributed by atoms with Crippen molar-refractivity contribution in [3.8, 4) is 22.2 Å². The molecule has 2 atom stereocenters. The molecule has 0 saturated carbocycles. The van der Waals surface area contributed by atoms with Gasteiger partial charge in [-0.1, -0.05) is 0 Å². The van der Waals surface area contributed by atoms with E-state index in [1.165, 1.54) is 41.8 Å². The molecule has 1 aliphatic heterocycles. The summed E-state index contributed by atoms with van der Waals surface area (Å²) in [7, 11) is -4.71. The van der Waals surface area contributed by atoms with Gasteiger partial charge < -0.3 is 15.4 Å². The van der Waals surface area contributed by atoms with Crippen molar-refractivity contribution in [1.82, 2.24) is 25.3 Å². The number of nitrogens with zero attached hydrogens (tertiary/aromatic N) is 4. The van der Waals surface area contributed by atoms with Crippen LogP contribution in [-0.2, 0) is 10.0 Å². The van der Waals surface area contributed by atoms with Crippen LogP contribution in [0.3, 0.4) is 0 Å². The number of rotatable bonds is 8. The highest BCUT2D eigenvalue weighted by molar-refractivity contribution is 7.92. The monoisotopic (exact) mass is 597 g/mol. The molecule has 5 rings (SSSR count). The van der Waals surface area contributed by atoms with Crippen molar-refractivity contribution in [1.29, 1.82) is 0 Å². The number of halogens is 4. The fourth-order valence-electron chi connectivity index (χ4n) is 4.22. The highest BCUT2D eigenvalue weighted by atomic mass is 32.2. The summed E-state index contributed by atoms with van der Waals surface area (Å²) in [6.45, 7) is 2.67. The summed E-state index contributed by atoms with van der Waals surface area (Å²) in [6, 6.07) is 7.23. The van der Waals surface area contributed by atoms with E-state index in [9.17, 15) is 26.0 Å². The van der Waals surface area contributed by atoms with E-state index in [1.54, 1.807) is 19.2 Å². The number of sulfonamides is 1. The lowest BCUT2D eigenvalue weighted by atomic mass is 10.1. The highest BCUT2D eigenvalue weighted by Gasteiger charge is 2.35. The van der Waals surface area contributed by atoms with E-state index >= 15 is 0 Å². The van der Waals surface area contributed by atoms with Crippen LogP contribution in [-0.4, -0.2) is 65.6 Å². The number of piperidine rings is 1. The number of benzene rings is 1. The van der Waals surface area contributed by atoms with Crippen LogP contribution < -0.4 is 20.1 Å². The summed E-state index contributed by atoms with van der Waals surface area (Å²) in [5.74, 6) is -1.30. The van der Waals surface area contributed by atoms with Gasteiger partial charge in [0.05, 0.1) is 16.4 Å². The molecule has 0 radical (unpaired) electrons. The number of hydrogen-bond donors (Lipinski definition) is 3. The standard InChI is InChI=1S/C24H23F4N7O3S2/c1-13-32-22(21(39-13)18-6-8-31-23(34-18)33-15-9-14(25)10-29-11-15)38-19-5-4-17(16-3-2-7-30-20(16)19)35-40(36,37)12-24(26,27)28/h2-8,14-15,29,35H,9-12H2,1H3,(H,31,33,34)/t14-,15-/m0/s1. The molecule has 1 aliphatic rings. The van der Waals surface area contributed by atoms with Crippen LogP contribution in [0.25, 0.3) is 21.5 Å². The summed E-state index contributed by atoms with van der Waals surface area (Å²) in [5, 5.41) is 7.07. The molecule has 0 unspecified atom stereocenters. The number of thiazole rings is 1. The first kappa shape index (κ1) is 27.9. The zero-order chi connectivity index (χ0) is 28.5. The van der Waals surface area contributed by atoms with Crippen LogP contribution in [0.4, 0.5) is 29.2 Å². The van der Waals surface area contributed by atoms with Crippen molar-refractivity contribution in [3.05, 3.63) is 47.7 Å². The predicted octanol–water partition coefficient (Wildman–Crippen LogP) is 4.66. The average Bonchev–Trinajstić information content (AvgIpc) is 3.24. The van der Waals surface area contributed by atoms with Crippen molar-refractivity contribution in [2.75, 3.05) is 28.9 Å². The van der Waals surface area contributed by atoms with E-state index in [0.717, 1.165) is 0 Å². The van der Waals surface area contributed by atoms with Crippen LogP contribution >= 0.6 is 11.3 Å². The maximum absolute atomic E-state index is 13.8. The lowest BCUT2D eigenvalue weighted by Gasteiger charge is -2.26. The Hall–Kier alpha value is -3.63. The molecule has 3 N–H and O–H groups in total. The molecule has 1 saturated heterocycles. The fourth-order valence-corrected chi connectivity index (χ4v) is 6.05. The largest absolute Gasteiger partial charge is 0.435 e. The molecular formula is C24H23F4N7O3S2. The van der Waals surface area contributed by atoms with Crippen molar-refractivity contribution in [3.63, 3.8) is 0 Å². The fraction of sp³-hybridized carbons (Fsp3) is 0.333. The zero-order valence-corrected chi connectivity index (χ0v) is 22.5. The summed E-state index contributed by atoms with van der Waals surface area (Å²) in [6.07, 6.45) is -2.53. The summed E-state index contributed by atoms with van der Waals surface area (Å²) < 4.78 is 84.2. The number of aryl methyl sites for hydroxylation is 1. The third kappa shape index (κ3) is 6.74. The predicted molar refractivity (Wildman–Crippen MR) is 143 cm³/mol. The molecule has 10 nitrogen and oxygen atoms in total. The normalized spacial score (nSPS) is 18.0. The van der Waals surface area contributed by atoms with E-state index in [2.05, 4.69) is 30.6 Å². The second-order valence-electron chi connectivity index (χ2n) is 9.05. The Labute approximate surface area is 230 Å². The number of nitrogens with one attached hydrogen (secondary N) is 3. The maximum atomic E-state index is 13.8. The molecule has 212 valence electrons. The summed E-state index contributed by atoms with van der Waals surface area (Å²) in [4.78, 5) is 18.1. The molecule has 0 aliphatic carbocycles. The van der Waals surface area contributed by atoms with Gasteiger partial charge in [0.25, 0.3) is 0 Å². The number of hydrogen-bond acceptors (Lipinski definition) is 10. The average molecular weight is 598 g/mol. The molecule has 0 amide bonds. The van der Waals surface area contributed by atoms with Crippen molar-refractivity contribution in [2.24, 2.45) is 0 Å². The first-order chi connectivity index (χ1) is 19.0. The SMILES string of the molecule is Cc1nc(Oc2ccc(NS(=O)(=O)CC(F)(F)F)c3cccnc23)c(-c2ccnc(N[C@@H]3CNC[C@@H](F)C3)n2)s1. The lowest BCUT2D eigenvalue weighted by Crippen LogP contribution is -2.44. The topological polar surface area (TPSA) is 131 Å². The van der Waals surface area contributed by atoms with E-state index in [1.807, 2.05) is 4.72 Å². The number of anilines is 2. The van der Waals surface area contributed by atoms with E-state index < -0.39 is 28.1 Å². The Kier molecular flexibility index (Phi) is 7.74. The number of fused-ring (bicyclic) bond motifs is 1. The molecule has 0 bridgehead atoms. The van der Waals surface area contributed by atoms with Gasteiger partial charge in [0, 0.05) is 43.3 Å². The smallest absolute Gasteiger partial charge is 0.404 e. The van der Waals surface area contributed by atoms with Gasteiger partial charge in [-0.15, -0.1) is 11.3 Å². The van der Waals surface area contributed by atoms with Gasteiger partial charge in [-0.3, -0.25) is 9.71 Å². The number of pyridine rings is 1. The molecule has 4 aromatic rings. The van der Waals surface area contributed by atoms with Gasteiger partial charge in [-0.25, -0.2) is 27.8 Å². The van der Waals surface area contributed by atoms with Crippen molar-refractivity contribution >= 4 is 43.9 Å².